The zero-order valence-electron chi connectivity index (χ0n) is 14.4. The van der Waals surface area contributed by atoms with Gasteiger partial charge in [-0.05, 0) is 48.5 Å². The van der Waals surface area contributed by atoms with Crippen molar-refractivity contribution in [1.29, 1.82) is 0 Å². The van der Waals surface area contributed by atoms with E-state index >= 15 is 0 Å². The first-order valence-corrected chi connectivity index (χ1v) is 8.87. The maximum Gasteiger partial charge on any atom is 0.257 e. The second-order valence-electron chi connectivity index (χ2n) is 5.66. The first-order valence-electron chi connectivity index (χ1n) is 8.08. The van der Waals surface area contributed by atoms with Crippen molar-refractivity contribution in [2.24, 2.45) is 0 Å². The van der Waals surface area contributed by atoms with E-state index in [1.807, 2.05) is 24.3 Å². The molecule has 0 saturated heterocycles. The topological polar surface area (TPSA) is 80.3 Å². The quantitative estimate of drug-likeness (QED) is 0.612. The van der Waals surface area contributed by atoms with E-state index in [4.69, 9.17) is 4.74 Å². The van der Waals surface area contributed by atoms with Gasteiger partial charge in [-0.2, -0.15) is 0 Å². The molecule has 3 rings (SSSR count). The van der Waals surface area contributed by atoms with E-state index in [0.29, 0.717) is 28.6 Å². The van der Waals surface area contributed by atoms with Crippen molar-refractivity contribution in [3.05, 3.63) is 76.9 Å². The minimum Gasteiger partial charge on any atom is -0.439 e. The van der Waals surface area contributed by atoms with Crippen LogP contribution < -0.4 is 15.4 Å². The number of rotatable bonds is 5. The first-order chi connectivity index (χ1) is 13.0. The molecule has 6 nitrogen and oxygen atoms in total. The second-order valence-corrected chi connectivity index (χ2v) is 6.57. The van der Waals surface area contributed by atoms with Gasteiger partial charge >= 0.3 is 0 Å². The maximum atomic E-state index is 12.4. The monoisotopic (exact) mass is 425 g/mol. The lowest BCUT2D eigenvalue weighted by atomic mass is 10.2. The Morgan fingerprint density at radius 2 is 1.67 bits per heavy atom. The van der Waals surface area contributed by atoms with Crippen molar-refractivity contribution in [3.8, 4) is 11.6 Å². The van der Waals surface area contributed by atoms with Gasteiger partial charge in [0, 0.05) is 35.0 Å². The minimum absolute atomic E-state index is 0.177. The van der Waals surface area contributed by atoms with E-state index in [-0.39, 0.29) is 11.8 Å². The molecule has 2 aromatic carbocycles. The molecule has 0 aliphatic carbocycles. The number of anilines is 2. The fourth-order valence-corrected chi connectivity index (χ4v) is 2.54. The predicted octanol–water partition coefficient (Wildman–Crippen LogP) is 4.85. The molecular weight excluding hydrogens is 410 g/mol. The lowest BCUT2D eigenvalue weighted by Gasteiger charge is -2.08. The van der Waals surface area contributed by atoms with Gasteiger partial charge in [0.2, 0.25) is 11.8 Å². The number of aromatic nitrogens is 1. The van der Waals surface area contributed by atoms with Crippen LogP contribution >= 0.6 is 15.9 Å². The number of hydrogen-bond donors (Lipinski definition) is 2. The summed E-state index contributed by atoms with van der Waals surface area (Å²) >= 11 is 3.36. The molecule has 0 unspecified atom stereocenters. The molecule has 0 atom stereocenters. The highest BCUT2D eigenvalue weighted by Gasteiger charge is 2.08. The van der Waals surface area contributed by atoms with Crippen molar-refractivity contribution < 1.29 is 14.3 Å². The van der Waals surface area contributed by atoms with Crippen LogP contribution in [0.4, 0.5) is 11.4 Å². The molecule has 0 radical (unpaired) electrons. The largest absolute Gasteiger partial charge is 0.439 e. The molecular formula is C20H16BrN3O3. The number of carbonyl (C=O) groups excluding carboxylic acids is 2. The third-order valence-electron chi connectivity index (χ3n) is 3.48. The molecule has 7 heteroatoms. The summed E-state index contributed by atoms with van der Waals surface area (Å²) in [5, 5.41) is 5.44. The Kier molecular flexibility index (Phi) is 5.83. The molecule has 3 aromatic rings. The van der Waals surface area contributed by atoms with Gasteiger partial charge < -0.3 is 15.4 Å². The highest BCUT2D eigenvalue weighted by molar-refractivity contribution is 9.10. The fraction of sp³-hybridized carbons (Fsp3) is 0.0500. The summed E-state index contributed by atoms with van der Waals surface area (Å²) in [7, 11) is 0. The van der Waals surface area contributed by atoms with Crippen LogP contribution in [0.3, 0.4) is 0 Å². The Hall–Kier alpha value is -3.19. The number of benzene rings is 2. The standard InChI is InChI=1S/C20H16BrN3O3/c1-13(25)23-16-3-2-4-17(11-16)24-20(26)14-5-10-19(22-12-14)27-18-8-6-15(21)7-9-18/h2-12H,1H3,(H,23,25)(H,24,26). The number of nitrogens with zero attached hydrogens (tertiary/aromatic N) is 1. The Balaban J connectivity index is 1.65. The molecule has 1 aromatic heterocycles. The van der Waals surface area contributed by atoms with Crippen molar-refractivity contribution in [2.75, 3.05) is 10.6 Å². The van der Waals surface area contributed by atoms with Gasteiger partial charge in [0.15, 0.2) is 0 Å². The maximum absolute atomic E-state index is 12.4. The van der Waals surface area contributed by atoms with Crippen molar-refractivity contribution in [1.82, 2.24) is 4.98 Å². The molecule has 1 heterocycles. The van der Waals surface area contributed by atoms with E-state index in [1.165, 1.54) is 13.1 Å². The first kappa shape index (κ1) is 18.6. The highest BCUT2D eigenvalue weighted by atomic mass is 79.9. The summed E-state index contributed by atoms with van der Waals surface area (Å²) in [6, 6.07) is 17.5. The summed E-state index contributed by atoms with van der Waals surface area (Å²) in [6.07, 6.45) is 1.45. The number of nitrogens with one attached hydrogen (secondary N) is 2. The zero-order chi connectivity index (χ0) is 19.2. The van der Waals surface area contributed by atoms with Crippen LogP contribution in [0.25, 0.3) is 0 Å². The van der Waals surface area contributed by atoms with Gasteiger partial charge in [-0.25, -0.2) is 4.98 Å². The average Bonchev–Trinajstić information content (AvgIpc) is 2.64. The van der Waals surface area contributed by atoms with Gasteiger partial charge in [-0.15, -0.1) is 0 Å². The Bertz CT molecular complexity index is 957. The van der Waals surface area contributed by atoms with Gasteiger partial charge in [-0.3, -0.25) is 9.59 Å². The molecule has 2 amide bonds. The number of ether oxygens (including phenoxy) is 1. The Labute approximate surface area is 164 Å². The van der Waals surface area contributed by atoms with Crippen molar-refractivity contribution in [3.63, 3.8) is 0 Å². The molecule has 27 heavy (non-hydrogen) atoms. The van der Waals surface area contributed by atoms with Crippen LogP contribution in [0.15, 0.2) is 71.3 Å². The third-order valence-corrected chi connectivity index (χ3v) is 4.00. The van der Waals surface area contributed by atoms with Gasteiger partial charge in [0.05, 0.1) is 5.56 Å². The SMILES string of the molecule is CC(=O)Nc1cccc(NC(=O)c2ccc(Oc3ccc(Br)cc3)nc2)c1. The van der Waals surface area contributed by atoms with Crippen molar-refractivity contribution >= 4 is 39.1 Å². The molecule has 2 N–H and O–H groups in total. The smallest absolute Gasteiger partial charge is 0.257 e. The molecule has 0 spiro atoms. The van der Waals surface area contributed by atoms with Gasteiger partial charge in [-0.1, -0.05) is 22.0 Å². The summed E-state index contributed by atoms with van der Waals surface area (Å²) in [4.78, 5) is 27.7. The second kappa shape index (κ2) is 8.46. The van der Waals surface area contributed by atoms with Gasteiger partial charge in [0.25, 0.3) is 5.91 Å². The summed E-state index contributed by atoms with van der Waals surface area (Å²) in [6.45, 7) is 1.43. The number of hydrogen-bond acceptors (Lipinski definition) is 4. The fourth-order valence-electron chi connectivity index (χ4n) is 2.28. The number of halogens is 1. The summed E-state index contributed by atoms with van der Waals surface area (Å²) in [5.41, 5.74) is 1.57. The molecule has 0 saturated carbocycles. The van der Waals surface area contributed by atoms with Crippen LogP contribution in [-0.2, 0) is 4.79 Å². The number of pyridine rings is 1. The van der Waals surface area contributed by atoms with Gasteiger partial charge in [0.1, 0.15) is 5.75 Å². The Morgan fingerprint density at radius 3 is 2.30 bits per heavy atom. The predicted molar refractivity (Wildman–Crippen MR) is 107 cm³/mol. The van der Waals surface area contributed by atoms with Crippen molar-refractivity contribution in [2.45, 2.75) is 6.92 Å². The van der Waals surface area contributed by atoms with Crippen LogP contribution in [0.1, 0.15) is 17.3 Å². The molecule has 0 aliphatic rings. The van der Waals surface area contributed by atoms with E-state index < -0.39 is 0 Å². The molecule has 0 bridgehead atoms. The van der Waals surface area contributed by atoms with Crippen LogP contribution in [0.5, 0.6) is 11.6 Å². The molecule has 0 fully saturated rings. The average molecular weight is 426 g/mol. The number of amides is 2. The van der Waals surface area contributed by atoms with E-state index in [2.05, 4.69) is 31.5 Å². The lowest BCUT2D eigenvalue weighted by molar-refractivity contribution is -0.114. The van der Waals surface area contributed by atoms with Crippen LogP contribution in [-0.4, -0.2) is 16.8 Å². The van der Waals surface area contributed by atoms with Crippen LogP contribution in [0.2, 0.25) is 0 Å². The minimum atomic E-state index is -0.308. The van der Waals surface area contributed by atoms with E-state index in [9.17, 15) is 9.59 Å². The highest BCUT2D eigenvalue weighted by Crippen LogP contribution is 2.22. The van der Waals surface area contributed by atoms with E-state index in [0.717, 1.165) is 4.47 Å². The molecule has 136 valence electrons. The normalized spacial score (nSPS) is 10.1. The van der Waals surface area contributed by atoms with Crippen LogP contribution in [0, 0.1) is 0 Å². The summed E-state index contributed by atoms with van der Waals surface area (Å²) < 4.78 is 6.59. The van der Waals surface area contributed by atoms with E-state index in [1.54, 1.807) is 36.4 Å². The molecule has 0 aliphatic heterocycles. The summed E-state index contributed by atoms with van der Waals surface area (Å²) in [5.74, 6) is 0.556. The number of carbonyl (C=O) groups is 2. The lowest BCUT2D eigenvalue weighted by Crippen LogP contribution is -2.13. The Morgan fingerprint density at radius 1 is 0.963 bits per heavy atom. The third kappa shape index (κ3) is 5.39. The zero-order valence-corrected chi connectivity index (χ0v) is 16.0.